The highest BCUT2D eigenvalue weighted by Crippen LogP contribution is 2.06. The van der Waals surface area contributed by atoms with Crippen LogP contribution in [0.5, 0.6) is 0 Å². The van der Waals surface area contributed by atoms with E-state index in [-0.39, 0.29) is 11.9 Å². The van der Waals surface area contributed by atoms with Gasteiger partial charge in [-0.25, -0.2) is 0 Å². The first-order valence-corrected chi connectivity index (χ1v) is 5.92. The lowest BCUT2D eigenvalue weighted by molar-refractivity contribution is 0.0950. The summed E-state index contributed by atoms with van der Waals surface area (Å²) in [5.41, 5.74) is 0.707. The number of carbonyl (C=O) groups excluding carboxylic acids is 1. The summed E-state index contributed by atoms with van der Waals surface area (Å²) < 4.78 is 1.13. The number of halogens is 1. The van der Waals surface area contributed by atoms with E-state index < -0.39 is 0 Å². The summed E-state index contributed by atoms with van der Waals surface area (Å²) in [5, 5.41) is 5.93. The Morgan fingerprint density at radius 1 is 1.40 bits per heavy atom. The molecule has 0 aromatic heterocycles. The molecule has 2 N–H and O–H groups in total. The lowest BCUT2D eigenvalue weighted by Crippen LogP contribution is -2.37. The molecule has 0 bridgehead atoms. The van der Waals surface area contributed by atoms with Crippen LogP contribution in [0.15, 0.2) is 24.3 Å². The molecule has 0 radical (unpaired) electrons. The smallest absolute Gasteiger partial charge is 0.251 e. The largest absolute Gasteiger partial charge is 0.350 e. The number of nitrogens with one attached hydrogen (secondary N) is 2. The summed E-state index contributed by atoms with van der Waals surface area (Å²) in [6.07, 6.45) is 0. The van der Waals surface area contributed by atoms with Crippen LogP contribution in [0, 0.1) is 3.57 Å². The van der Waals surface area contributed by atoms with E-state index in [1.807, 2.05) is 38.2 Å². The van der Waals surface area contributed by atoms with Gasteiger partial charge >= 0.3 is 0 Å². The minimum absolute atomic E-state index is 0.0199. The van der Waals surface area contributed by atoms with E-state index in [4.69, 9.17) is 0 Å². The third-order valence-corrected chi connectivity index (χ3v) is 2.89. The van der Waals surface area contributed by atoms with Crippen LogP contribution in [0.2, 0.25) is 0 Å². The number of likely N-dealkylation sites (N-methyl/N-ethyl adjacent to an activating group) is 1. The van der Waals surface area contributed by atoms with Crippen LogP contribution < -0.4 is 10.6 Å². The summed E-state index contributed by atoms with van der Waals surface area (Å²) in [6, 6.07) is 7.81. The van der Waals surface area contributed by atoms with E-state index in [1.54, 1.807) is 0 Å². The second-order valence-electron chi connectivity index (χ2n) is 3.41. The molecule has 0 spiro atoms. The van der Waals surface area contributed by atoms with Gasteiger partial charge in [0.05, 0.1) is 0 Å². The Hall–Kier alpha value is -0.620. The van der Waals surface area contributed by atoms with Crippen molar-refractivity contribution in [2.45, 2.75) is 13.0 Å². The minimum atomic E-state index is -0.0199. The fourth-order valence-electron chi connectivity index (χ4n) is 1.05. The van der Waals surface area contributed by atoms with Crippen molar-refractivity contribution in [3.8, 4) is 0 Å². The predicted molar refractivity (Wildman–Crippen MR) is 70.0 cm³/mol. The highest BCUT2D eigenvalue weighted by atomic mass is 127. The van der Waals surface area contributed by atoms with Crippen molar-refractivity contribution in [2.75, 3.05) is 13.6 Å². The molecule has 0 heterocycles. The van der Waals surface area contributed by atoms with Crippen molar-refractivity contribution in [1.29, 1.82) is 0 Å². The highest BCUT2D eigenvalue weighted by Gasteiger charge is 2.05. The van der Waals surface area contributed by atoms with Gasteiger partial charge < -0.3 is 10.6 Å². The van der Waals surface area contributed by atoms with Crippen LogP contribution in [-0.2, 0) is 0 Å². The molecule has 0 aliphatic heterocycles. The third kappa shape index (κ3) is 4.17. The number of rotatable bonds is 4. The molecule has 1 aromatic rings. The van der Waals surface area contributed by atoms with Gasteiger partial charge in [0.15, 0.2) is 0 Å². The van der Waals surface area contributed by atoms with E-state index in [9.17, 15) is 4.79 Å². The minimum Gasteiger partial charge on any atom is -0.350 e. The van der Waals surface area contributed by atoms with Crippen molar-refractivity contribution in [2.24, 2.45) is 0 Å². The van der Waals surface area contributed by atoms with Crippen LogP contribution in [0.3, 0.4) is 0 Å². The van der Waals surface area contributed by atoms with Crippen molar-refractivity contribution < 1.29 is 4.79 Å². The molecule has 1 atom stereocenters. The van der Waals surface area contributed by atoms with Gasteiger partial charge in [0.1, 0.15) is 0 Å². The number of amides is 1. The summed E-state index contributed by atoms with van der Waals surface area (Å²) >= 11 is 2.22. The van der Waals surface area contributed by atoms with E-state index in [0.717, 1.165) is 3.57 Å². The third-order valence-electron chi connectivity index (χ3n) is 2.17. The Balaban J connectivity index is 2.50. The van der Waals surface area contributed by atoms with Crippen molar-refractivity contribution in [3.05, 3.63) is 33.4 Å². The Kier molecular flexibility index (Phi) is 5.04. The highest BCUT2D eigenvalue weighted by molar-refractivity contribution is 14.1. The van der Waals surface area contributed by atoms with Gasteiger partial charge in [-0.1, -0.05) is 0 Å². The molecule has 1 unspecified atom stereocenters. The number of carbonyl (C=O) groups is 1. The summed E-state index contributed by atoms with van der Waals surface area (Å²) in [5.74, 6) is -0.0199. The van der Waals surface area contributed by atoms with Gasteiger partial charge in [0.25, 0.3) is 5.91 Å². The predicted octanol–water partition coefficient (Wildman–Crippen LogP) is 1.63. The van der Waals surface area contributed by atoms with E-state index in [2.05, 4.69) is 33.2 Å². The fourth-order valence-corrected chi connectivity index (χ4v) is 1.41. The zero-order valence-electron chi connectivity index (χ0n) is 8.88. The molecular formula is C11H15IN2O. The van der Waals surface area contributed by atoms with E-state index in [1.165, 1.54) is 0 Å². The molecule has 1 aromatic carbocycles. The zero-order valence-corrected chi connectivity index (χ0v) is 11.0. The fraction of sp³-hybridized carbons (Fsp3) is 0.364. The number of hydrogen-bond donors (Lipinski definition) is 2. The Morgan fingerprint density at radius 2 is 2.00 bits per heavy atom. The van der Waals surface area contributed by atoms with E-state index in [0.29, 0.717) is 12.1 Å². The second-order valence-corrected chi connectivity index (χ2v) is 4.65. The van der Waals surface area contributed by atoms with Crippen LogP contribution >= 0.6 is 22.6 Å². The molecular weight excluding hydrogens is 303 g/mol. The molecule has 0 fully saturated rings. The van der Waals surface area contributed by atoms with Gasteiger partial charge in [-0.2, -0.15) is 0 Å². The maximum absolute atomic E-state index is 11.6. The first kappa shape index (κ1) is 12.4. The lowest BCUT2D eigenvalue weighted by Gasteiger charge is -2.11. The maximum atomic E-state index is 11.6. The molecule has 1 rings (SSSR count). The van der Waals surface area contributed by atoms with Crippen molar-refractivity contribution in [1.82, 2.24) is 10.6 Å². The Morgan fingerprint density at radius 3 is 2.53 bits per heavy atom. The Labute approximate surface area is 104 Å². The summed E-state index contributed by atoms with van der Waals surface area (Å²) in [7, 11) is 1.88. The zero-order chi connectivity index (χ0) is 11.3. The SMILES string of the molecule is CNC(C)CNC(=O)c1ccc(I)cc1. The normalized spacial score (nSPS) is 12.2. The molecule has 15 heavy (non-hydrogen) atoms. The number of benzene rings is 1. The van der Waals surface area contributed by atoms with Gasteiger partial charge in [0, 0.05) is 21.7 Å². The van der Waals surface area contributed by atoms with Gasteiger partial charge in [-0.15, -0.1) is 0 Å². The van der Waals surface area contributed by atoms with Gasteiger partial charge in [-0.05, 0) is 60.8 Å². The molecule has 0 saturated carbocycles. The van der Waals surface area contributed by atoms with Crippen LogP contribution in [0.1, 0.15) is 17.3 Å². The maximum Gasteiger partial charge on any atom is 0.251 e. The average Bonchev–Trinajstić information content (AvgIpc) is 2.26. The van der Waals surface area contributed by atoms with Gasteiger partial charge in [-0.3, -0.25) is 4.79 Å². The van der Waals surface area contributed by atoms with Crippen molar-refractivity contribution in [3.63, 3.8) is 0 Å². The van der Waals surface area contributed by atoms with Crippen LogP contribution in [0.25, 0.3) is 0 Å². The topological polar surface area (TPSA) is 41.1 Å². The monoisotopic (exact) mass is 318 g/mol. The molecule has 82 valence electrons. The molecule has 0 aliphatic rings. The first-order valence-electron chi connectivity index (χ1n) is 4.84. The first-order chi connectivity index (χ1) is 7.13. The summed E-state index contributed by atoms with van der Waals surface area (Å²) in [4.78, 5) is 11.6. The molecule has 1 amide bonds. The summed E-state index contributed by atoms with van der Waals surface area (Å²) in [6.45, 7) is 2.66. The van der Waals surface area contributed by atoms with Gasteiger partial charge in [0.2, 0.25) is 0 Å². The second kappa shape index (κ2) is 6.07. The van der Waals surface area contributed by atoms with E-state index >= 15 is 0 Å². The molecule has 3 nitrogen and oxygen atoms in total. The average molecular weight is 318 g/mol. The lowest BCUT2D eigenvalue weighted by atomic mass is 10.2. The quantitative estimate of drug-likeness (QED) is 0.829. The van der Waals surface area contributed by atoms with Crippen molar-refractivity contribution >= 4 is 28.5 Å². The molecule has 0 saturated heterocycles. The standard InChI is InChI=1S/C11H15IN2O/c1-8(13-2)7-14-11(15)9-3-5-10(12)6-4-9/h3-6,8,13H,7H2,1-2H3,(H,14,15). The molecule has 4 heteroatoms. The van der Waals surface area contributed by atoms with Crippen LogP contribution in [-0.4, -0.2) is 25.5 Å². The Bertz CT molecular complexity index is 324. The van der Waals surface area contributed by atoms with Crippen LogP contribution in [0.4, 0.5) is 0 Å². The number of hydrogen-bond acceptors (Lipinski definition) is 2. The molecule has 0 aliphatic carbocycles.